The second-order valence-electron chi connectivity index (χ2n) is 13.0. The van der Waals surface area contributed by atoms with Crippen molar-refractivity contribution in [2.24, 2.45) is 5.92 Å². The van der Waals surface area contributed by atoms with Crippen LogP contribution in [0.2, 0.25) is 0 Å². The van der Waals surface area contributed by atoms with Gasteiger partial charge in [0, 0.05) is 23.1 Å². The van der Waals surface area contributed by atoms with Crippen LogP contribution >= 0.6 is 11.3 Å². The highest BCUT2D eigenvalue weighted by molar-refractivity contribution is 7.10. The first-order valence-electron chi connectivity index (χ1n) is 15.5. The topological polar surface area (TPSA) is 82.0 Å². The molecule has 5 heterocycles. The Kier molecular flexibility index (Phi) is 7.15. The van der Waals surface area contributed by atoms with Gasteiger partial charge in [-0.15, -0.1) is 0 Å². The zero-order valence-corrected chi connectivity index (χ0v) is 26.8. The highest BCUT2D eigenvalue weighted by Crippen LogP contribution is 2.55. The number of aromatic nitrogens is 1. The minimum atomic E-state index is -1.06. The second-order valence-corrected chi connectivity index (χ2v) is 14.0. The van der Waals surface area contributed by atoms with Gasteiger partial charge in [-0.3, -0.25) is 4.79 Å². The van der Waals surface area contributed by atoms with Gasteiger partial charge in [0.15, 0.2) is 0 Å². The molecule has 230 valence electrons. The molecule has 0 spiro atoms. The first kappa shape index (κ1) is 29.1. The van der Waals surface area contributed by atoms with E-state index in [-0.39, 0.29) is 28.3 Å². The highest BCUT2D eigenvalue weighted by atomic mass is 32.1. The van der Waals surface area contributed by atoms with Crippen LogP contribution in [0.3, 0.4) is 0 Å². The van der Waals surface area contributed by atoms with Gasteiger partial charge < -0.3 is 24.6 Å². The predicted octanol–water partition coefficient (Wildman–Crippen LogP) is 6.52. The van der Waals surface area contributed by atoms with Crippen molar-refractivity contribution in [3.8, 4) is 17.4 Å². The molecule has 4 aromatic rings. The lowest BCUT2D eigenvalue weighted by Gasteiger charge is -2.40. The summed E-state index contributed by atoms with van der Waals surface area (Å²) in [5.41, 5.74) is 5.25. The molecule has 1 aromatic heterocycles. The fourth-order valence-corrected chi connectivity index (χ4v) is 8.63. The lowest BCUT2D eigenvalue weighted by atomic mass is 9.76. The second kappa shape index (κ2) is 10.8. The predicted molar refractivity (Wildman–Crippen MR) is 172 cm³/mol. The largest absolute Gasteiger partial charge is 0.493 e. The number of benzene rings is 3. The molecule has 1 saturated heterocycles. The van der Waals surface area contributed by atoms with E-state index in [1.165, 1.54) is 10.1 Å². The van der Waals surface area contributed by atoms with Crippen molar-refractivity contribution in [2.75, 3.05) is 13.2 Å². The number of hydrogen-bond acceptors (Lipinski definition) is 7. The van der Waals surface area contributed by atoms with Crippen molar-refractivity contribution >= 4 is 11.3 Å². The van der Waals surface area contributed by atoms with Gasteiger partial charge in [0.25, 0.3) is 0 Å². The van der Waals surface area contributed by atoms with Crippen molar-refractivity contribution < 1.29 is 19.3 Å². The lowest BCUT2D eigenvalue weighted by molar-refractivity contribution is -0.0742. The summed E-state index contributed by atoms with van der Waals surface area (Å²) in [5.74, 6) is 2.48. The number of rotatable bonds is 9. The van der Waals surface area contributed by atoms with E-state index in [1.54, 1.807) is 0 Å². The van der Waals surface area contributed by atoms with Crippen LogP contribution in [-0.4, -0.2) is 34.5 Å². The van der Waals surface area contributed by atoms with E-state index in [2.05, 4.69) is 52.1 Å². The van der Waals surface area contributed by atoms with Gasteiger partial charge in [0.05, 0.1) is 6.61 Å². The smallest absolute Gasteiger partial charge is 0.313 e. The number of fused-ring (bicyclic) bond motifs is 2. The Bertz CT molecular complexity index is 1760. The molecule has 8 rings (SSSR count). The van der Waals surface area contributed by atoms with Gasteiger partial charge in [-0.1, -0.05) is 72.0 Å². The third kappa shape index (κ3) is 4.41. The Morgan fingerprint density at radius 3 is 2.39 bits per heavy atom. The van der Waals surface area contributed by atoms with Crippen molar-refractivity contribution in [2.45, 2.75) is 77.4 Å². The summed E-state index contributed by atoms with van der Waals surface area (Å²) in [5, 5.41) is 14.2. The number of aromatic hydroxyl groups is 1. The fraction of sp³-hybridized carbons (Fsp3) is 0.417. The summed E-state index contributed by atoms with van der Waals surface area (Å²) < 4.78 is 21.3. The summed E-state index contributed by atoms with van der Waals surface area (Å²) in [6.45, 7) is 12.7. The van der Waals surface area contributed by atoms with Crippen molar-refractivity contribution in [3.63, 3.8) is 0 Å². The van der Waals surface area contributed by atoms with Crippen molar-refractivity contribution in [1.29, 1.82) is 0 Å². The van der Waals surface area contributed by atoms with Gasteiger partial charge in [0.1, 0.15) is 28.6 Å². The molecule has 0 aliphatic carbocycles. The molecule has 0 amide bonds. The van der Waals surface area contributed by atoms with Crippen LogP contribution in [0.15, 0.2) is 65.5 Å². The monoisotopic (exact) mass is 612 g/mol. The Hall–Kier alpha value is -3.59. The molecule has 3 aromatic carbocycles. The molecule has 2 bridgehead atoms. The zero-order valence-electron chi connectivity index (χ0n) is 26.0. The summed E-state index contributed by atoms with van der Waals surface area (Å²) in [7, 11) is 0. The maximum atomic E-state index is 12.7. The maximum absolute atomic E-state index is 12.7. The number of hydrogen-bond donors (Lipinski definition) is 2. The molecule has 4 aliphatic rings. The molecule has 4 atom stereocenters. The van der Waals surface area contributed by atoms with Gasteiger partial charge in [-0.2, -0.15) is 0 Å². The standard InChI is InChI=1S/C36H40N2O5S/c1-21-22(2)31-29(23(3)30(21)41-19-24-12-8-6-9-13-24)27(35(4,5)43-31)18-25-16-17-37-28(25)20-42-36(26-14-10-7-11-15-26)32-33(39)38(36)34(40)44-32/h6-15,25,27-28,37,39H,16-20H2,1-5H3/t25?,27?,28-,36?/m1/s1. The average Bonchev–Trinajstić information content (AvgIpc) is 3.75. The number of thiazole rings is 1. The summed E-state index contributed by atoms with van der Waals surface area (Å²) in [6.07, 6.45) is 1.97. The summed E-state index contributed by atoms with van der Waals surface area (Å²) >= 11 is 1.06. The lowest BCUT2D eigenvalue weighted by Crippen LogP contribution is -2.48. The first-order valence-corrected chi connectivity index (χ1v) is 16.3. The third-order valence-electron chi connectivity index (χ3n) is 10.1. The van der Waals surface area contributed by atoms with E-state index in [0.29, 0.717) is 24.0 Å². The van der Waals surface area contributed by atoms with Crippen LogP contribution < -0.4 is 19.7 Å². The van der Waals surface area contributed by atoms with Crippen LogP contribution in [0.1, 0.15) is 70.9 Å². The van der Waals surface area contributed by atoms with Crippen LogP contribution in [0.4, 0.5) is 0 Å². The third-order valence-corrected chi connectivity index (χ3v) is 11.1. The SMILES string of the molecule is Cc1c(C)c2c(c(C)c1OCc1ccccc1)C(CC1CCN[C@@H]1COC1(c3ccccc3)c3sc(=O)n1c3O)C(C)(C)O2. The molecule has 0 radical (unpaired) electrons. The normalized spacial score (nSPS) is 24.5. The first-order chi connectivity index (χ1) is 21.1. The molecular weight excluding hydrogens is 572 g/mol. The van der Waals surface area contributed by atoms with Crippen LogP contribution in [0, 0.1) is 26.7 Å². The average molecular weight is 613 g/mol. The van der Waals surface area contributed by atoms with E-state index in [1.807, 2.05) is 48.5 Å². The molecule has 1 fully saturated rings. The molecule has 2 N–H and O–H groups in total. The Labute approximate surface area is 262 Å². The zero-order chi connectivity index (χ0) is 30.8. The molecule has 0 saturated carbocycles. The molecule has 4 aliphatic heterocycles. The van der Waals surface area contributed by atoms with E-state index < -0.39 is 5.72 Å². The van der Waals surface area contributed by atoms with Crippen molar-refractivity contribution in [3.05, 3.63) is 109 Å². The van der Waals surface area contributed by atoms with Crippen molar-refractivity contribution in [1.82, 2.24) is 9.88 Å². The molecular formula is C36H40N2O5S. The van der Waals surface area contributed by atoms with Gasteiger partial charge in [-0.05, 0) is 82.2 Å². The van der Waals surface area contributed by atoms with Crippen LogP contribution in [-0.2, 0) is 17.1 Å². The molecule has 44 heavy (non-hydrogen) atoms. The van der Waals surface area contributed by atoms with E-state index in [9.17, 15) is 9.90 Å². The summed E-state index contributed by atoms with van der Waals surface area (Å²) in [6, 6.07) is 20.1. The number of nitrogens with zero attached hydrogens (tertiary/aromatic N) is 1. The van der Waals surface area contributed by atoms with Gasteiger partial charge >= 0.3 is 4.87 Å². The van der Waals surface area contributed by atoms with E-state index >= 15 is 0 Å². The van der Waals surface area contributed by atoms with Gasteiger partial charge in [0.2, 0.25) is 11.6 Å². The number of ether oxygens (including phenoxy) is 3. The highest BCUT2D eigenvalue weighted by Gasteiger charge is 2.55. The van der Waals surface area contributed by atoms with E-state index in [4.69, 9.17) is 14.2 Å². The summed E-state index contributed by atoms with van der Waals surface area (Å²) in [4.78, 5) is 13.1. The van der Waals surface area contributed by atoms with Crippen LogP contribution in [0.25, 0.3) is 0 Å². The van der Waals surface area contributed by atoms with E-state index in [0.717, 1.165) is 70.0 Å². The Balaban J connectivity index is 1.14. The quantitative estimate of drug-likeness (QED) is 0.224. The van der Waals surface area contributed by atoms with Crippen LogP contribution in [0.5, 0.6) is 17.4 Å². The maximum Gasteiger partial charge on any atom is 0.313 e. The minimum absolute atomic E-state index is 0.00710. The molecule has 3 unspecified atom stereocenters. The minimum Gasteiger partial charge on any atom is -0.493 e. The molecule has 7 nitrogen and oxygen atoms in total. The fourth-order valence-electron chi connectivity index (χ4n) is 7.56. The molecule has 8 heteroatoms. The Morgan fingerprint density at radius 1 is 1.02 bits per heavy atom. The number of nitrogens with one attached hydrogen (secondary N) is 1. The van der Waals surface area contributed by atoms with Gasteiger partial charge in [-0.25, -0.2) is 4.57 Å². The Morgan fingerprint density at radius 2 is 1.73 bits per heavy atom.